The van der Waals surface area contributed by atoms with Crippen LogP contribution in [0.15, 0.2) is 47.1 Å². The molecule has 1 unspecified atom stereocenters. The molecule has 1 heterocycles. The molecule has 0 radical (unpaired) electrons. The molecule has 0 fully saturated rings. The average Bonchev–Trinajstić information content (AvgIpc) is 2.41. The molecule has 0 aliphatic carbocycles. The Labute approximate surface area is 133 Å². The number of hydrogen-bond donors (Lipinski definition) is 0. The third-order valence-corrected chi connectivity index (χ3v) is 3.92. The van der Waals surface area contributed by atoms with Gasteiger partial charge in [0.05, 0.1) is 0 Å². The van der Waals surface area contributed by atoms with E-state index in [-0.39, 0.29) is 5.92 Å². The maximum Gasteiger partial charge on any atom is 0.106 e. The Kier molecular flexibility index (Phi) is 5.58. The molecule has 0 aliphatic heterocycles. The van der Waals surface area contributed by atoms with E-state index >= 15 is 0 Å². The standard InChI is InChI=1S/C16H18BrClN2/c1-20(2)11-10-14(12-6-8-13(18)9-7-12)15-4-3-5-16(17)19-15/h3-9,14H,10-11H2,1-2H3. The number of benzene rings is 1. The first-order valence-corrected chi connectivity index (χ1v) is 7.76. The molecule has 0 saturated heterocycles. The van der Waals surface area contributed by atoms with Crippen molar-refractivity contribution in [1.82, 2.24) is 9.88 Å². The monoisotopic (exact) mass is 352 g/mol. The molecule has 2 nitrogen and oxygen atoms in total. The van der Waals surface area contributed by atoms with Crippen LogP contribution in [0.5, 0.6) is 0 Å². The molecule has 0 spiro atoms. The summed E-state index contributed by atoms with van der Waals surface area (Å²) in [7, 11) is 4.18. The Morgan fingerprint density at radius 2 is 1.85 bits per heavy atom. The molecule has 1 aromatic heterocycles. The first-order valence-electron chi connectivity index (χ1n) is 6.59. The highest BCUT2D eigenvalue weighted by Crippen LogP contribution is 2.28. The van der Waals surface area contributed by atoms with Gasteiger partial charge in [0.2, 0.25) is 0 Å². The van der Waals surface area contributed by atoms with Crippen molar-refractivity contribution < 1.29 is 0 Å². The summed E-state index contributed by atoms with van der Waals surface area (Å²) in [5.74, 6) is 0.284. The largest absolute Gasteiger partial charge is 0.309 e. The van der Waals surface area contributed by atoms with E-state index in [1.54, 1.807) is 0 Å². The van der Waals surface area contributed by atoms with Crippen molar-refractivity contribution in [3.63, 3.8) is 0 Å². The predicted molar refractivity (Wildman–Crippen MR) is 88.4 cm³/mol. The first kappa shape index (κ1) is 15.5. The highest BCUT2D eigenvalue weighted by molar-refractivity contribution is 9.10. The van der Waals surface area contributed by atoms with E-state index in [0.717, 1.165) is 28.3 Å². The van der Waals surface area contributed by atoms with Gasteiger partial charge in [0.25, 0.3) is 0 Å². The molecule has 4 heteroatoms. The summed E-state index contributed by atoms with van der Waals surface area (Å²) in [6.07, 6.45) is 1.03. The van der Waals surface area contributed by atoms with Crippen molar-refractivity contribution in [3.05, 3.63) is 63.3 Å². The van der Waals surface area contributed by atoms with Gasteiger partial charge in [0.15, 0.2) is 0 Å². The molecule has 2 rings (SSSR count). The van der Waals surface area contributed by atoms with Crippen LogP contribution in [-0.2, 0) is 0 Å². The third kappa shape index (κ3) is 4.30. The van der Waals surface area contributed by atoms with Crippen LogP contribution < -0.4 is 0 Å². The first-order chi connectivity index (χ1) is 9.56. The second-order valence-corrected chi connectivity index (χ2v) is 6.33. The molecule has 1 aromatic carbocycles. The molecule has 0 N–H and O–H groups in total. The molecule has 106 valence electrons. The lowest BCUT2D eigenvalue weighted by Gasteiger charge is -2.19. The second-order valence-electron chi connectivity index (χ2n) is 5.08. The Balaban J connectivity index is 2.31. The van der Waals surface area contributed by atoms with Crippen molar-refractivity contribution in [1.29, 1.82) is 0 Å². The van der Waals surface area contributed by atoms with Crippen LogP contribution in [0.4, 0.5) is 0 Å². The molecule has 0 bridgehead atoms. The van der Waals surface area contributed by atoms with Crippen LogP contribution in [0.2, 0.25) is 5.02 Å². The fraction of sp³-hybridized carbons (Fsp3) is 0.312. The number of rotatable bonds is 5. The Morgan fingerprint density at radius 1 is 1.15 bits per heavy atom. The third-order valence-electron chi connectivity index (χ3n) is 3.23. The summed E-state index contributed by atoms with van der Waals surface area (Å²) in [5.41, 5.74) is 2.34. The predicted octanol–water partition coefficient (Wildman–Crippen LogP) is 4.58. The zero-order valence-electron chi connectivity index (χ0n) is 11.7. The lowest BCUT2D eigenvalue weighted by molar-refractivity contribution is 0.389. The fourth-order valence-corrected chi connectivity index (χ4v) is 2.67. The Bertz CT molecular complexity index is 555. The molecule has 20 heavy (non-hydrogen) atoms. The Hall–Kier alpha value is -0.900. The summed E-state index contributed by atoms with van der Waals surface area (Å²) in [6, 6.07) is 14.1. The highest BCUT2D eigenvalue weighted by Gasteiger charge is 2.16. The summed E-state index contributed by atoms with van der Waals surface area (Å²) < 4.78 is 0.874. The molecular formula is C16H18BrClN2. The van der Waals surface area contributed by atoms with Gasteiger partial charge in [-0.2, -0.15) is 0 Å². The summed E-state index contributed by atoms with van der Waals surface area (Å²) in [4.78, 5) is 6.81. The van der Waals surface area contributed by atoms with Gasteiger partial charge in [0.1, 0.15) is 4.60 Å². The van der Waals surface area contributed by atoms with Crippen LogP contribution in [0.1, 0.15) is 23.6 Å². The summed E-state index contributed by atoms with van der Waals surface area (Å²) in [6.45, 7) is 1.02. The second kappa shape index (κ2) is 7.21. The van der Waals surface area contributed by atoms with E-state index in [1.807, 2.05) is 24.3 Å². The van der Waals surface area contributed by atoms with E-state index in [4.69, 9.17) is 11.6 Å². The maximum atomic E-state index is 5.98. The minimum absolute atomic E-state index is 0.284. The van der Waals surface area contributed by atoms with E-state index in [0.29, 0.717) is 0 Å². The zero-order valence-corrected chi connectivity index (χ0v) is 14.0. The molecule has 0 aliphatic rings. The molecule has 2 aromatic rings. The Morgan fingerprint density at radius 3 is 2.45 bits per heavy atom. The highest BCUT2D eigenvalue weighted by atomic mass is 79.9. The van der Waals surface area contributed by atoms with E-state index in [9.17, 15) is 0 Å². The number of pyridine rings is 1. The number of halogens is 2. The SMILES string of the molecule is CN(C)CCC(c1ccc(Cl)cc1)c1cccc(Br)n1. The van der Waals surface area contributed by atoms with Crippen molar-refractivity contribution in [3.8, 4) is 0 Å². The van der Waals surface area contributed by atoms with Gasteiger partial charge in [-0.15, -0.1) is 0 Å². The minimum Gasteiger partial charge on any atom is -0.309 e. The van der Waals surface area contributed by atoms with Crippen molar-refractivity contribution in [2.75, 3.05) is 20.6 Å². The molecular weight excluding hydrogens is 336 g/mol. The van der Waals surface area contributed by atoms with Crippen LogP contribution in [-0.4, -0.2) is 30.5 Å². The van der Waals surface area contributed by atoms with Gasteiger partial charge < -0.3 is 4.90 Å². The van der Waals surface area contributed by atoms with Gasteiger partial charge >= 0.3 is 0 Å². The van der Waals surface area contributed by atoms with Gasteiger partial charge in [-0.1, -0.05) is 29.8 Å². The smallest absolute Gasteiger partial charge is 0.106 e. The maximum absolute atomic E-state index is 5.98. The number of aromatic nitrogens is 1. The molecule has 0 amide bonds. The van der Waals surface area contributed by atoms with Gasteiger partial charge in [-0.25, -0.2) is 4.98 Å². The van der Waals surface area contributed by atoms with E-state index in [1.165, 1.54) is 5.56 Å². The van der Waals surface area contributed by atoms with E-state index < -0.39 is 0 Å². The van der Waals surface area contributed by atoms with Crippen LogP contribution in [0.25, 0.3) is 0 Å². The summed E-state index contributed by atoms with van der Waals surface area (Å²) in [5, 5.41) is 0.766. The molecule has 0 saturated carbocycles. The van der Waals surface area contributed by atoms with Crippen LogP contribution in [0.3, 0.4) is 0 Å². The van der Waals surface area contributed by atoms with Crippen molar-refractivity contribution >= 4 is 27.5 Å². The van der Waals surface area contributed by atoms with Crippen molar-refractivity contribution in [2.45, 2.75) is 12.3 Å². The topological polar surface area (TPSA) is 16.1 Å². The fourth-order valence-electron chi connectivity index (χ4n) is 2.19. The van der Waals surface area contributed by atoms with Crippen LogP contribution in [0, 0.1) is 0 Å². The average molecular weight is 354 g/mol. The van der Waals surface area contributed by atoms with E-state index in [2.05, 4.69) is 58.1 Å². The lowest BCUT2D eigenvalue weighted by Crippen LogP contribution is -2.17. The minimum atomic E-state index is 0.284. The lowest BCUT2D eigenvalue weighted by atomic mass is 9.92. The van der Waals surface area contributed by atoms with Gasteiger partial charge in [-0.3, -0.25) is 0 Å². The van der Waals surface area contributed by atoms with Gasteiger partial charge in [-0.05, 0) is 72.8 Å². The van der Waals surface area contributed by atoms with Crippen LogP contribution >= 0.6 is 27.5 Å². The molecule has 1 atom stereocenters. The van der Waals surface area contributed by atoms with Gasteiger partial charge in [0, 0.05) is 16.6 Å². The number of nitrogens with zero attached hydrogens (tertiary/aromatic N) is 2. The summed E-state index contributed by atoms with van der Waals surface area (Å²) >= 11 is 9.44. The van der Waals surface area contributed by atoms with Crippen molar-refractivity contribution in [2.24, 2.45) is 0 Å². The quantitative estimate of drug-likeness (QED) is 0.731. The normalized spacial score (nSPS) is 12.7. The zero-order chi connectivity index (χ0) is 14.5. The number of hydrogen-bond acceptors (Lipinski definition) is 2.